The van der Waals surface area contributed by atoms with Crippen LogP contribution in [0.4, 0.5) is 26.2 Å². The second kappa shape index (κ2) is 13.9. The van der Waals surface area contributed by atoms with E-state index in [9.17, 15) is 19.2 Å². The molecule has 2 aromatic carbocycles. The topological polar surface area (TPSA) is 104 Å². The Morgan fingerprint density at radius 2 is 1.87 bits per heavy atom. The number of halogens is 2. The van der Waals surface area contributed by atoms with Gasteiger partial charge in [-0.15, -0.1) is 0 Å². The normalized spacial score (nSPS) is 13.5. The summed E-state index contributed by atoms with van der Waals surface area (Å²) in [5, 5.41) is 15.6. The zero-order valence-corrected chi connectivity index (χ0v) is 22.7. The predicted molar refractivity (Wildman–Crippen MR) is 146 cm³/mol. The molecule has 1 saturated carbocycles. The molecule has 2 N–H and O–H groups in total. The summed E-state index contributed by atoms with van der Waals surface area (Å²) in [4.78, 5) is 27.1. The van der Waals surface area contributed by atoms with Crippen molar-refractivity contribution in [1.82, 2.24) is 0 Å². The van der Waals surface area contributed by atoms with E-state index in [2.05, 4.69) is 35.5 Å². The van der Waals surface area contributed by atoms with Crippen LogP contribution in [-0.2, 0) is 9.53 Å². The van der Waals surface area contributed by atoms with Crippen LogP contribution in [0.15, 0.2) is 30.3 Å². The van der Waals surface area contributed by atoms with Crippen LogP contribution < -0.4 is 20.3 Å². The van der Waals surface area contributed by atoms with Crippen LogP contribution >= 0.6 is 11.6 Å². The fourth-order valence-electron chi connectivity index (χ4n) is 4.60. The second-order valence-corrected chi connectivity index (χ2v) is 10.1. The van der Waals surface area contributed by atoms with E-state index < -0.39 is 17.8 Å². The molecule has 1 fully saturated rings. The quantitative estimate of drug-likeness (QED) is 0.321. The van der Waals surface area contributed by atoms with Gasteiger partial charge in [-0.05, 0) is 43.9 Å². The van der Waals surface area contributed by atoms with Crippen molar-refractivity contribution in [3.05, 3.63) is 46.7 Å². The van der Waals surface area contributed by atoms with Crippen molar-refractivity contribution in [3.8, 4) is 11.8 Å². The molecule has 2 aromatic rings. The van der Waals surface area contributed by atoms with Gasteiger partial charge in [-0.1, -0.05) is 44.7 Å². The van der Waals surface area contributed by atoms with Crippen molar-refractivity contribution in [1.29, 1.82) is 5.26 Å². The van der Waals surface area contributed by atoms with Gasteiger partial charge in [0, 0.05) is 29.7 Å². The Kier molecular flexibility index (Phi) is 10.6. The number of nitrogens with zero attached hydrogens (tertiary/aromatic N) is 2. The van der Waals surface area contributed by atoms with Gasteiger partial charge in [0.15, 0.2) is 6.61 Å². The minimum Gasteiger partial charge on any atom is -0.482 e. The third-order valence-corrected chi connectivity index (χ3v) is 6.39. The number of amides is 2. The van der Waals surface area contributed by atoms with E-state index in [4.69, 9.17) is 21.1 Å². The van der Waals surface area contributed by atoms with Crippen molar-refractivity contribution in [2.45, 2.75) is 58.9 Å². The van der Waals surface area contributed by atoms with E-state index in [1.165, 1.54) is 12.1 Å². The Bertz CT molecular complexity index is 1180. The van der Waals surface area contributed by atoms with Crippen LogP contribution in [0.1, 0.15) is 58.4 Å². The molecule has 10 heteroatoms. The van der Waals surface area contributed by atoms with Gasteiger partial charge in [0.25, 0.3) is 0 Å². The van der Waals surface area contributed by atoms with Gasteiger partial charge in [-0.2, -0.15) is 5.26 Å². The average molecular weight is 545 g/mol. The van der Waals surface area contributed by atoms with Gasteiger partial charge in [0.2, 0.25) is 0 Å². The highest BCUT2D eigenvalue weighted by molar-refractivity contribution is 6.30. The Labute approximate surface area is 228 Å². The molecular weight excluding hydrogens is 511 g/mol. The van der Waals surface area contributed by atoms with E-state index in [0.717, 1.165) is 38.2 Å². The number of rotatable bonds is 10. The summed E-state index contributed by atoms with van der Waals surface area (Å²) in [6.07, 6.45) is 5.28. The van der Waals surface area contributed by atoms with E-state index in [1.807, 2.05) is 0 Å². The summed E-state index contributed by atoms with van der Waals surface area (Å²) in [6, 6.07) is 8.81. The van der Waals surface area contributed by atoms with Crippen LogP contribution in [0.2, 0.25) is 5.02 Å². The highest BCUT2D eigenvalue weighted by Crippen LogP contribution is 2.39. The molecule has 0 bridgehead atoms. The van der Waals surface area contributed by atoms with Crippen molar-refractivity contribution in [2.75, 3.05) is 35.3 Å². The largest absolute Gasteiger partial charge is 0.482 e. The summed E-state index contributed by atoms with van der Waals surface area (Å²) >= 11 is 5.83. The van der Waals surface area contributed by atoms with E-state index in [0.29, 0.717) is 23.5 Å². The minimum atomic E-state index is -0.702. The molecular formula is C28H34ClFN4O4. The number of nitrogens with one attached hydrogen (secondary N) is 2. The fraction of sp³-hybridized carbons (Fsp3) is 0.464. The van der Waals surface area contributed by atoms with Gasteiger partial charge in [0.05, 0.1) is 29.2 Å². The molecule has 0 spiro atoms. The zero-order chi connectivity index (χ0) is 27.7. The van der Waals surface area contributed by atoms with Crippen LogP contribution in [0, 0.1) is 23.1 Å². The maximum Gasteiger partial charge on any atom is 0.344 e. The molecule has 1 aliphatic rings. The van der Waals surface area contributed by atoms with Crippen molar-refractivity contribution < 1.29 is 23.5 Å². The fourth-order valence-corrected chi connectivity index (χ4v) is 4.76. The number of ether oxygens (including phenoxy) is 2. The monoisotopic (exact) mass is 544 g/mol. The lowest BCUT2D eigenvalue weighted by molar-refractivity contribution is -0.145. The van der Waals surface area contributed by atoms with Crippen molar-refractivity contribution >= 4 is 40.7 Å². The van der Waals surface area contributed by atoms with Crippen LogP contribution in [-0.4, -0.2) is 37.8 Å². The first-order valence-electron chi connectivity index (χ1n) is 12.9. The predicted octanol–water partition coefficient (Wildman–Crippen LogP) is 6.73. The maximum absolute atomic E-state index is 14.3. The number of hydrogen-bond acceptors (Lipinski definition) is 6. The SMILES string of the molecule is CCOC(=O)COc1cc(C#N)c(N(CC(C)C)C2CCCCC2)c(NC(=O)Nc2ccc(Cl)cc2F)c1. The lowest BCUT2D eigenvalue weighted by atomic mass is 9.92. The first-order chi connectivity index (χ1) is 18.2. The summed E-state index contributed by atoms with van der Waals surface area (Å²) < 4.78 is 24.9. The highest BCUT2D eigenvalue weighted by Gasteiger charge is 2.28. The molecule has 2 amide bonds. The van der Waals surface area contributed by atoms with Crippen molar-refractivity contribution in [3.63, 3.8) is 0 Å². The summed E-state index contributed by atoms with van der Waals surface area (Å²) in [6.45, 7) is 6.43. The average Bonchev–Trinajstić information content (AvgIpc) is 2.88. The number of esters is 1. The standard InChI is InChI=1S/C28H34ClFN4O4/c1-4-37-26(35)17-38-22-12-19(15-31)27(34(16-18(2)3)21-8-6-5-7-9-21)25(14-22)33-28(36)32-24-11-10-20(29)13-23(24)30/h10-14,18,21H,4-9,16-17H2,1-3H3,(H2,32,33,36). The van der Waals surface area contributed by atoms with Gasteiger partial charge in [-0.25, -0.2) is 14.0 Å². The van der Waals surface area contributed by atoms with Crippen LogP contribution in [0.25, 0.3) is 0 Å². The first kappa shape index (κ1) is 29.1. The first-order valence-corrected chi connectivity index (χ1v) is 13.3. The van der Waals surface area contributed by atoms with Gasteiger partial charge in [0.1, 0.15) is 17.6 Å². The highest BCUT2D eigenvalue weighted by atomic mass is 35.5. The summed E-state index contributed by atoms with van der Waals surface area (Å²) in [5.74, 6) is -0.725. The smallest absolute Gasteiger partial charge is 0.344 e. The summed E-state index contributed by atoms with van der Waals surface area (Å²) in [5.41, 5.74) is 1.14. The third-order valence-electron chi connectivity index (χ3n) is 6.16. The van der Waals surface area contributed by atoms with Crippen LogP contribution in [0.5, 0.6) is 5.75 Å². The number of carbonyl (C=O) groups is 2. The maximum atomic E-state index is 14.3. The van der Waals surface area contributed by atoms with Gasteiger partial charge >= 0.3 is 12.0 Å². The van der Waals surface area contributed by atoms with Gasteiger partial charge < -0.3 is 25.0 Å². The Morgan fingerprint density at radius 3 is 2.50 bits per heavy atom. The minimum absolute atomic E-state index is 0.0463. The van der Waals surface area contributed by atoms with Crippen LogP contribution in [0.3, 0.4) is 0 Å². The number of urea groups is 1. The van der Waals surface area contributed by atoms with E-state index in [-0.39, 0.29) is 41.6 Å². The van der Waals surface area contributed by atoms with Gasteiger partial charge in [-0.3, -0.25) is 0 Å². The number of anilines is 3. The molecule has 3 rings (SSSR count). The molecule has 1 aliphatic carbocycles. The lowest BCUT2D eigenvalue weighted by Crippen LogP contribution is -2.40. The molecule has 38 heavy (non-hydrogen) atoms. The van der Waals surface area contributed by atoms with Crippen molar-refractivity contribution in [2.24, 2.45) is 5.92 Å². The number of carbonyl (C=O) groups excluding carboxylic acids is 2. The third kappa shape index (κ3) is 7.99. The lowest BCUT2D eigenvalue weighted by Gasteiger charge is -2.39. The Hall–Kier alpha value is -3.51. The van der Waals surface area contributed by atoms with E-state index in [1.54, 1.807) is 19.1 Å². The molecule has 0 aromatic heterocycles. The molecule has 0 radical (unpaired) electrons. The molecule has 8 nitrogen and oxygen atoms in total. The molecule has 0 unspecified atom stereocenters. The second-order valence-electron chi connectivity index (χ2n) is 9.61. The Morgan fingerprint density at radius 1 is 1.16 bits per heavy atom. The number of benzene rings is 2. The Balaban J connectivity index is 2.01. The molecule has 204 valence electrons. The van der Waals surface area contributed by atoms with E-state index >= 15 is 0 Å². The zero-order valence-electron chi connectivity index (χ0n) is 22.0. The number of nitriles is 1. The number of hydrogen-bond donors (Lipinski definition) is 2. The molecule has 0 atom stereocenters. The summed E-state index contributed by atoms with van der Waals surface area (Å²) in [7, 11) is 0. The molecule has 0 saturated heterocycles. The molecule has 0 heterocycles. The molecule has 0 aliphatic heterocycles.